The first kappa shape index (κ1) is 14.6. The summed E-state index contributed by atoms with van der Waals surface area (Å²) in [5.74, 6) is 2.45. The van der Waals surface area contributed by atoms with E-state index in [0.29, 0.717) is 10.0 Å². The molecular formula is C17H20Cl2N2O. The number of amides is 1. The van der Waals surface area contributed by atoms with Crippen molar-refractivity contribution in [1.29, 1.82) is 0 Å². The Kier molecular flexibility index (Phi) is 3.54. The Hall–Kier alpha value is -0.930. The molecule has 3 nitrogen and oxygen atoms in total. The smallest absolute Gasteiger partial charge is 0.244 e. The lowest BCUT2D eigenvalue weighted by Crippen LogP contribution is -2.54. The SMILES string of the molecule is O=C(NNc1ccc(Cl)c(Cl)c1)C12CC3CC(CC(C3)C1)C2. The van der Waals surface area contributed by atoms with Crippen molar-refractivity contribution in [2.24, 2.45) is 23.2 Å². The molecule has 4 aliphatic rings. The van der Waals surface area contributed by atoms with Gasteiger partial charge in [0.1, 0.15) is 0 Å². The molecule has 0 radical (unpaired) electrons. The number of anilines is 1. The van der Waals surface area contributed by atoms with Crippen LogP contribution in [0.15, 0.2) is 18.2 Å². The Bertz CT molecular complexity index is 581. The highest BCUT2D eigenvalue weighted by atomic mass is 35.5. The molecule has 4 saturated carbocycles. The van der Waals surface area contributed by atoms with E-state index in [9.17, 15) is 4.79 Å². The summed E-state index contributed by atoms with van der Waals surface area (Å²) >= 11 is 11.9. The van der Waals surface area contributed by atoms with Crippen LogP contribution in [0, 0.1) is 23.2 Å². The standard InChI is InChI=1S/C17H20Cl2N2O/c18-14-2-1-13(6-15(14)19)20-21-16(22)17-7-10-3-11(8-17)5-12(4-10)9-17/h1-2,6,10-12,20H,3-5,7-9H2,(H,21,22). The largest absolute Gasteiger partial charge is 0.299 e. The molecule has 0 spiro atoms. The second-order valence-corrected chi connectivity index (χ2v) is 8.22. The van der Waals surface area contributed by atoms with Crippen LogP contribution in [-0.4, -0.2) is 5.91 Å². The molecule has 5 heteroatoms. The summed E-state index contributed by atoms with van der Waals surface area (Å²) in [6.45, 7) is 0. The Morgan fingerprint density at radius 3 is 2.14 bits per heavy atom. The Labute approximate surface area is 140 Å². The topological polar surface area (TPSA) is 41.1 Å². The van der Waals surface area contributed by atoms with Crippen LogP contribution >= 0.6 is 23.2 Å². The molecule has 118 valence electrons. The minimum atomic E-state index is -0.141. The van der Waals surface area contributed by atoms with Gasteiger partial charge in [0.05, 0.1) is 21.1 Å². The van der Waals surface area contributed by atoms with E-state index >= 15 is 0 Å². The van der Waals surface area contributed by atoms with Gasteiger partial charge in [0, 0.05) is 0 Å². The number of halogens is 2. The van der Waals surface area contributed by atoms with Gasteiger partial charge in [-0.05, 0) is 74.5 Å². The van der Waals surface area contributed by atoms with Crippen molar-refractivity contribution in [2.75, 3.05) is 5.43 Å². The summed E-state index contributed by atoms with van der Waals surface area (Å²) in [5, 5.41) is 0.996. The van der Waals surface area contributed by atoms with Crippen LogP contribution in [0.4, 0.5) is 5.69 Å². The van der Waals surface area contributed by atoms with Crippen LogP contribution in [0.3, 0.4) is 0 Å². The third-order valence-electron chi connectivity index (χ3n) is 5.76. The molecule has 5 rings (SSSR count). The van der Waals surface area contributed by atoms with Crippen molar-refractivity contribution in [3.8, 4) is 0 Å². The molecule has 0 heterocycles. The fourth-order valence-electron chi connectivity index (χ4n) is 5.22. The third kappa shape index (κ3) is 2.48. The van der Waals surface area contributed by atoms with Crippen molar-refractivity contribution in [1.82, 2.24) is 5.43 Å². The summed E-state index contributed by atoms with van der Waals surface area (Å²) in [5.41, 5.74) is 6.52. The fourth-order valence-corrected chi connectivity index (χ4v) is 5.52. The minimum Gasteiger partial charge on any atom is -0.299 e. The zero-order chi connectivity index (χ0) is 15.3. The summed E-state index contributed by atoms with van der Waals surface area (Å²) in [6.07, 6.45) is 7.21. The zero-order valence-electron chi connectivity index (χ0n) is 12.4. The van der Waals surface area contributed by atoms with E-state index in [1.54, 1.807) is 12.1 Å². The van der Waals surface area contributed by atoms with E-state index < -0.39 is 0 Å². The lowest BCUT2D eigenvalue weighted by molar-refractivity contribution is -0.145. The number of rotatable bonds is 3. The van der Waals surface area contributed by atoms with Gasteiger partial charge < -0.3 is 0 Å². The quantitative estimate of drug-likeness (QED) is 0.787. The van der Waals surface area contributed by atoms with Crippen LogP contribution in [0.5, 0.6) is 0 Å². The molecule has 0 aliphatic heterocycles. The van der Waals surface area contributed by atoms with Crippen molar-refractivity contribution in [3.63, 3.8) is 0 Å². The number of carbonyl (C=O) groups is 1. The number of hydrogen-bond donors (Lipinski definition) is 2. The fraction of sp³-hybridized carbons (Fsp3) is 0.588. The second kappa shape index (κ2) is 5.31. The molecule has 4 bridgehead atoms. The zero-order valence-corrected chi connectivity index (χ0v) is 13.9. The van der Waals surface area contributed by atoms with E-state index in [4.69, 9.17) is 23.2 Å². The van der Waals surface area contributed by atoms with E-state index in [1.807, 2.05) is 6.07 Å². The molecule has 1 aromatic rings. The van der Waals surface area contributed by atoms with Crippen molar-refractivity contribution >= 4 is 34.8 Å². The molecule has 22 heavy (non-hydrogen) atoms. The average Bonchev–Trinajstić information content (AvgIpc) is 2.46. The summed E-state index contributed by atoms with van der Waals surface area (Å²) < 4.78 is 0. The number of carbonyl (C=O) groups excluding carboxylic acids is 1. The van der Waals surface area contributed by atoms with Crippen molar-refractivity contribution in [2.45, 2.75) is 38.5 Å². The van der Waals surface area contributed by atoms with Gasteiger partial charge in [-0.25, -0.2) is 0 Å². The molecule has 1 aromatic carbocycles. The van der Waals surface area contributed by atoms with E-state index in [1.165, 1.54) is 19.3 Å². The average molecular weight is 339 g/mol. The van der Waals surface area contributed by atoms with Gasteiger partial charge in [0.2, 0.25) is 5.91 Å². The summed E-state index contributed by atoms with van der Waals surface area (Å²) in [6, 6.07) is 5.27. The number of benzene rings is 1. The van der Waals surface area contributed by atoms with Gasteiger partial charge in [-0.2, -0.15) is 0 Å². The molecule has 0 saturated heterocycles. The van der Waals surface area contributed by atoms with Crippen LogP contribution in [-0.2, 0) is 4.79 Å². The molecule has 2 N–H and O–H groups in total. The lowest BCUT2D eigenvalue weighted by atomic mass is 9.49. The van der Waals surface area contributed by atoms with Gasteiger partial charge in [0.25, 0.3) is 0 Å². The van der Waals surface area contributed by atoms with E-state index in [0.717, 1.165) is 42.7 Å². The number of hydrogen-bond acceptors (Lipinski definition) is 2. The molecule has 0 aromatic heterocycles. The Balaban J connectivity index is 1.45. The molecule has 0 atom stereocenters. The third-order valence-corrected chi connectivity index (χ3v) is 6.50. The number of hydrazine groups is 1. The Morgan fingerprint density at radius 1 is 1.00 bits per heavy atom. The van der Waals surface area contributed by atoms with Gasteiger partial charge >= 0.3 is 0 Å². The van der Waals surface area contributed by atoms with Crippen molar-refractivity contribution in [3.05, 3.63) is 28.2 Å². The van der Waals surface area contributed by atoms with Crippen LogP contribution < -0.4 is 10.9 Å². The molecular weight excluding hydrogens is 319 g/mol. The lowest BCUT2D eigenvalue weighted by Gasteiger charge is -2.55. The predicted octanol–water partition coefficient (Wildman–Crippen LogP) is 4.65. The normalized spacial score (nSPS) is 35.5. The molecule has 4 fully saturated rings. The van der Waals surface area contributed by atoms with Gasteiger partial charge in [-0.1, -0.05) is 23.2 Å². The monoisotopic (exact) mass is 338 g/mol. The Morgan fingerprint density at radius 2 is 1.59 bits per heavy atom. The van der Waals surface area contributed by atoms with E-state index in [2.05, 4.69) is 10.9 Å². The summed E-state index contributed by atoms with van der Waals surface area (Å²) in [4.78, 5) is 12.8. The highest BCUT2D eigenvalue weighted by Gasteiger charge is 2.54. The second-order valence-electron chi connectivity index (χ2n) is 7.41. The highest BCUT2D eigenvalue weighted by molar-refractivity contribution is 6.42. The molecule has 4 aliphatic carbocycles. The molecule has 0 unspecified atom stereocenters. The minimum absolute atomic E-state index is 0.141. The first-order valence-electron chi connectivity index (χ1n) is 8.06. The van der Waals surface area contributed by atoms with E-state index in [-0.39, 0.29) is 11.3 Å². The highest BCUT2D eigenvalue weighted by Crippen LogP contribution is 2.60. The maximum absolute atomic E-state index is 12.8. The molecule has 1 amide bonds. The van der Waals surface area contributed by atoms with Crippen LogP contribution in [0.2, 0.25) is 10.0 Å². The van der Waals surface area contributed by atoms with Crippen LogP contribution in [0.25, 0.3) is 0 Å². The predicted molar refractivity (Wildman–Crippen MR) is 88.8 cm³/mol. The van der Waals surface area contributed by atoms with Crippen LogP contribution in [0.1, 0.15) is 38.5 Å². The maximum atomic E-state index is 12.8. The maximum Gasteiger partial charge on any atom is 0.244 e. The first-order chi connectivity index (χ1) is 10.5. The van der Waals surface area contributed by atoms with Gasteiger partial charge in [-0.15, -0.1) is 0 Å². The van der Waals surface area contributed by atoms with Crippen molar-refractivity contribution < 1.29 is 4.79 Å². The number of nitrogens with one attached hydrogen (secondary N) is 2. The first-order valence-corrected chi connectivity index (χ1v) is 8.81. The summed E-state index contributed by atoms with van der Waals surface area (Å²) in [7, 11) is 0. The van der Waals surface area contributed by atoms with Gasteiger partial charge in [0.15, 0.2) is 0 Å². The van der Waals surface area contributed by atoms with Gasteiger partial charge in [-0.3, -0.25) is 15.6 Å².